The summed E-state index contributed by atoms with van der Waals surface area (Å²) in [7, 11) is 0. The van der Waals surface area contributed by atoms with Gasteiger partial charge in [0.15, 0.2) is 0 Å². The summed E-state index contributed by atoms with van der Waals surface area (Å²) in [5.74, 6) is 1.82. The second-order valence-corrected chi connectivity index (χ2v) is 6.99. The quantitative estimate of drug-likeness (QED) is 0.705. The van der Waals surface area contributed by atoms with Gasteiger partial charge in [-0.2, -0.15) is 5.10 Å². The molecule has 0 saturated carbocycles. The summed E-state index contributed by atoms with van der Waals surface area (Å²) in [6.45, 7) is 6.70. The third-order valence-electron chi connectivity index (χ3n) is 4.97. The first-order chi connectivity index (χ1) is 12.5. The van der Waals surface area contributed by atoms with E-state index in [9.17, 15) is 4.79 Å². The topological polar surface area (TPSA) is 51.3 Å². The normalized spacial score (nSPS) is 17.0. The lowest BCUT2D eigenvalue weighted by atomic mass is 10.1. The molecule has 0 bridgehead atoms. The van der Waals surface area contributed by atoms with Gasteiger partial charge in [0.25, 0.3) is 5.91 Å². The molecule has 1 fully saturated rings. The van der Waals surface area contributed by atoms with Gasteiger partial charge in [0, 0.05) is 17.8 Å². The third kappa shape index (κ3) is 2.94. The SMILES string of the molecule is Cc1cc(C)n(-c2ccc(C(=O)N3CCCC3c3ccc(C)o3)cc2)n1. The Kier molecular flexibility index (Phi) is 4.15. The van der Waals surface area contributed by atoms with E-state index in [1.807, 2.05) is 72.8 Å². The van der Waals surface area contributed by atoms with Crippen LogP contribution in [0.25, 0.3) is 5.69 Å². The van der Waals surface area contributed by atoms with Crippen molar-refractivity contribution < 1.29 is 9.21 Å². The molecule has 3 aromatic rings. The van der Waals surface area contributed by atoms with E-state index < -0.39 is 0 Å². The lowest BCUT2D eigenvalue weighted by Gasteiger charge is -2.23. The number of aryl methyl sites for hydroxylation is 3. The Morgan fingerprint density at radius 2 is 1.88 bits per heavy atom. The van der Waals surface area contributed by atoms with Crippen molar-refractivity contribution in [2.24, 2.45) is 0 Å². The number of rotatable bonds is 3. The maximum atomic E-state index is 13.0. The van der Waals surface area contributed by atoms with Crippen LogP contribution in [0.3, 0.4) is 0 Å². The Bertz CT molecular complexity index is 937. The first-order valence-electron chi connectivity index (χ1n) is 9.04. The summed E-state index contributed by atoms with van der Waals surface area (Å²) in [6, 6.07) is 13.7. The van der Waals surface area contributed by atoms with E-state index >= 15 is 0 Å². The second kappa shape index (κ2) is 6.48. The maximum absolute atomic E-state index is 13.0. The van der Waals surface area contributed by atoms with E-state index in [2.05, 4.69) is 5.10 Å². The molecule has 1 amide bonds. The first-order valence-corrected chi connectivity index (χ1v) is 9.04. The molecule has 1 unspecified atom stereocenters. The number of nitrogens with zero attached hydrogens (tertiary/aromatic N) is 3. The molecule has 5 nitrogen and oxygen atoms in total. The van der Waals surface area contributed by atoms with Gasteiger partial charge in [0.1, 0.15) is 11.5 Å². The minimum Gasteiger partial charge on any atom is -0.464 e. The monoisotopic (exact) mass is 349 g/mol. The van der Waals surface area contributed by atoms with Crippen molar-refractivity contribution >= 4 is 5.91 Å². The van der Waals surface area contributed by atoms with E-state index in [0.29, 0.717) is 5.56 Å². The lowest BCUT2D eigenvalue weighted by Crippen LogP contribution is -2.30. The van der Waals surface area contributed by atoms with E-state index in [-0.39, 0.29) is 11.9 Å². The number of hydrogen-bond acceptors (Lipinski definition) is 3. The Morgan fingerprint density at radius 1 is 1.12 bits per heavy atom. The highest BCUT2D eigenvalue weighted by molar-refractivity contribution is 5.94. The highest BCUT2D eigenvalue weighted by Gasteiger charge is 2.32. The summed E-state index contributed by atoms with van der Waals surface area (Å²) >= 11 is 0. The Balaban J connectivity index is 1.57. The summed E-state index contributed by atoms with van der Waals surface area (Å²) in [6.07, 6.45) is 1.95. The van der Waals surface area contributed by atoms with Crippen LogP contribution in [0, 0.1) is 20.8 Å². The van der Waals surface area contributed by atoms with Crippen LogP contribution in [0.2, 0.25) is 0 Å². The van der Waals surface area contributed by atoms with Gasteiger partial charge in [0.2, 0.25) is 0 Å². The molecule has 134 valence electrons. The van der Waals surface area contributed by atoms with Gasteiger partial charge in [-0.15, -0.1) is 0 Å². The number of carbonyl (C=O) groups is 1. The summed E-state index contributed by atoms with van der Waals surface area (Å²) in [5.41, 5.74) is 3.72. The molecule has 0 aliphatic carbocycles. The number of likely N-dealkylation sites (tertiary alicyclic amines) is 1. The maximum Gasteiger partial charge on any atom is 0.254 e. The molecule has 1 aliphatic heterocycles. The molecule has 1 aliphatic rings. The molecular weight excluding hydrogens is 326 g/mol. The molecule has 4 rings (SSSR count). The fourth-order valence-electron chi connectivity index (χ4n) is 3.74. The van der Waals surface area contributed by atoms with E-state index in [4.69, 9.17) is 4.42 Å². The molecule has 0 spiro atoms. The molecule has 2 aromatic heterocycles. The Labute approximate surface area is 153 Å². The molecule has 3 heterocycles. The third-order valence-corrected chi connectivity index (χ3v) is 4.97. The zero-order valence-electron chi connectivity index (χ0n) is 15.4. The number of furan rings is 1. The van der Waals surface area contributed by atoms with Crippen LogP contribution < -0.4 is 0 Å². The van der Waals surface area contributed by atoms with Gasteiger partial charge in [-0.25, -0.2) is 4.68 Å². The fraction of sp³-hybridized carbons (Fsp3) is 0.333. The molecule has 1 aromatic carbocycles. The molecule has 26 heavy (non-hydrogen) atoms. The van der Waals surface area contributed by atoms with Crippen LogP contribution in [-0.4, -0.2) is 27.1 Å². The molecule has 0 radical (unpaired) electrons. The van der Waals surface area contributed by atoms with Gasteiger partial charge < -0.3 is 9.32 Å². The Hall–Kier alpha value is -2.82. The van der Waals surface area contributed by atoms with Crippen LogP contribution >= 0.6 is 0 Å². The first kappa shape index (κ1) is 16.6. The summed E-state index contributed by atoms with van der Waals surface area (Å²) in [5, 5.41) is 4.50. The Morgan fingerprint density at radius 3 is 2.50 bits per heavy atom. The van der Waals surface area contributed by atoms with Crippen LogP contribution in [0.5, 0.6) is 0 Å². The fourth-order valence-corrected chi connectivity index (χ4v) is 3.74. The van der Waals surface area contributed by atoms with Gasteiger partial charge >= 0.3 is 0 Å². The van der Waals surface area contributed by atoms with Gasteiger partial charge in [-0.05, 0) is 76.1 Å². The smallest absolute Gasteiger partial charge is 0.254 e. The number of hydrogen-bond donors (Lipinski definition) is 0. The van der Waals surface area contributed by atoms with E-state index in [1.165, 1.54) is 0 Å². The largest absolute Gasteiger partial charge is 0.464 e. The van der Waals surface area contributed by atoms with Crippen LogP contribution in [-0.2, 0) is 0 Å². The van der Waals surface area contributed by atoms with Crippen molar-refractivity contribution in [2.75, 3.05) is 6.54 Å². The highest BCUT2D eigenvalue weighted by Crippen LogP contribution is 2.34. The minimum absolute atomic E-state index is 0.0342. The second-order valence-electron chi connectivity index (χ2n) is 6.99. The average Bonchev–Trinajstić information content (AvgIpc) is 3.34. The van der Waals surface area contributed by atoms with Crippen LogP contribution in [0.4, 0.5) is 0 Å². The summed E-state index contributed by atoms with van der Waals surface area (Å²) in [4.78, 5) is 14.9. The molecular formula is C21H23N3O2. The zero-order valence-corrected chi connectivity index (χ0v) is 15.4. The molecule has 0 N–H and O–H groups in total. The lowest BCUT2D eigenvalue weighted by molar-refractivity contribution is 0.0719. The number of aromatic nitrogens is 2. The van der Waals surface area contributed by atoms with Crippen molar-refractivity contribution in [2.45, 2.75) is 39.7 Å². The number of amides is 1. The van der Waals surface area contributed by atoms with E-state index in [0.717, 1.165) is 48.0 Å². The number of benzene rings is 1. The standard InChI is InChI=1S/C21H23N3O2/c1-14-13-15(2)24(22-14)18-9-7-17(8-10-18)21(25)23-12-4-5-19(23)20-11-6-16(3)26-20/h6-11,13,19H,4-5,12H2,1-3H3. The van der Waals surface area contributed by atoms with Crippen LogP contribution in [0.15, 0.2) is 46.9 Å². The molecule has 1 saturated heterocycles. The minimum atomic E-state index is 0.0342. The van der Waals surface area contributed by atoms with Gasteiger partial charge in [-0.3, -0.25) is 4.79 Å². The van der Waals surface area contributed by atoms with Crippen molar-refractivity contribution in [3.8, 4) is 5.69 Å². The van der Waals surface area contributed by atoms with Crippen molar-refractivity contribution in [3.05, 3.63) is 70.9 Å². The predicted molar refractivity (Wildman–Crippen MR) is 99.5 cm³/mol. The van der Waals surface area contributed by atoms with Crippen molar-refractivity contribution in [3.63, 3.8) is 0 Å². The molecule has 5 heteroatoms. The van der Waals surface area contributed by atoms with Crippen molar-refractivity contribution in [1.82, 2.24) is 14.7 Å². The van der Waals surface area contributed by atoms with Crippen molar-refractivity contribution in [1.29, 1.82) is 0 Å². The van der Waals surface area contributed by atoms with E-state index in [1.54, 1.807) is 0 Å². The zero-order chi connectivity index (χ0) is 18.3. The van der Waals surface area contributed by atoms with Crippen LogP contribution in [0.1, 0.15) is 52.1 Å². The van der Waals surface area contributed by atoms with Gasteiger partial charge in [-0.1, -0.05) is 0 Å². The summed E-state index contributed by atoms with van der Waals surface area (Å²) < 4.78 is 7.67. The predicted octanol–water partition coefficient (Wildman–Crippen LogP) is 4.37. The average molecular weight is 349 g/mol. The van der Waals surface area contributed by atoms with Gasteiger partial charge in [0.05, 0.1) is 17.4 Å². The highest BCUT2D eigenvalue weighted by atomic mass is 16.3. The number of carbonyl (C=O) groups excluding carboxylic acids is 1. The molecule has 1 atom stereocenters.